The highest BCUT2D eigenvalue weighted by atomic mass is 35.5. The van der Waals surface area contributed by atoms with E-state index in [0.29, 0.717) is 29.6 Å². The lowest BCUT2D eigenvalue weighted by atomic mass is 10.3. The van der Waals surface area contributed by atoms with Crippen LogP contribution in [0.4, 0.5) is 0 Å². The van der Waals surface area contributed by atoms with Gasteiger partial charge in [-0.15, -0.1) is 5.10 Å². The third-order valence-electron chi connectivity index (χ3n) is 2.97. The van der Waals surface area contributed by atoms with Crippen molar-refractivity contribution in [3.8, 4) is 5.69 Å². The van der Waals surface area contributed by atoms with Crippen LogP contribution in [-0.2, 0) is 4.74 Å². The summed E-state index contributed by atoms with van der Waals surface area (Å²) in [5.41, 5.74) is 1.75. The molecule has 7 heteroatoms. The molecule has 6 nitrogen and oxygen atoms in total. The van der Waals surface area contributed by atoms with Gasteiger partial charge in [-0.05, 0) is 31.5 Å². The van der Waals surface area contributed by atoms with Crippen LogP contribution in [0.3, 0.4) is 0 Å². The van der Waals surface area contributed by atoms with Crippen LogP contribution >= 0.6 is 11.6 Å². The molecule has 0 aliphatic heterocycles. The van der Waals surface area contributed by atoms with E-state index in [1.807, 2.05) is 12.1 Å². The van der Waals surface area contributed by atoms with Gasteiger partial charge in [0, 0.05) is 25.3 Å². The second-order valence-electron chi connectivity index (χ2n) is 4.52. The van der Waals surface area contributed by atoms with Gasteiger partial charge >= 0.3 is 0 Å². The van der Waals surface area contributed by atoms with Crippen molar-refractivity contribution in [2.24, 2.45) is 0 Å². The SMILES string of the molecule is COCCCNC(=O)c1nnn(-c2cccc(Cl)c2)c1C. The molecule has 0 aliphatic rings. The summed E-state index contributed by atoms with van der Waals surface area (Å²) in [5, 5.41) is 11.4. The molecule has 1 aromatic carbocycles. The molecule has 2 aromatic rings. The first-order valence-electron chi connectivity index (χ1n) is 6.59. The fourth-order valence-corrected chi connectivity index (χ4v) is 2.08. The lowest BCUT2D eigenvalue weighted by molar-refractivity contribution is 0.0943. The van der Waals surface area contributed by atoms with E-state index in [9.17, 15) is 4.79 Å². The highest BCUT2D eigenvalue weighted by molar-refractivity contribution is 6.30. The molecule has 0 spiro atoms. The molecule has 0 saturated carbocycles. The lowest BCUT2D eigenvalue weighted by Gasteiger charge is -2.05. The van der Waals surface area contributed by atoms with Gasteiger partial charge in [-0.1, -0.05) is 22.9 Å². The number of methoxy groups -OCH3 is 1. The van der Waals surface area contributed by atoms with Crippen molar-refractivity contribution in [3.05, 3.63) is 40.7 Å². The number of hydrogen-bond acceptors (Lipinski definition) is 4. The molecule has 0 saturated heterocycles. The van der Waals surface area contributed by atoms with Crippen LogP contribution in [0.2, 0.25) is 5.02 Å². The highest BCUT2D eigenvalue weighted by Gasteiger charge is 2.16. The van der Waals surface area contributed by atoms with Crippen molar-refractivity contribution in [2.75, 3.05) is 20.3 Å². The first kappa shape index (κ1) is 15.5. The second kappa shape index (κ2) is 7.19. The number of carbonyl (C=O) groups excluding carboxylic acids is 1. The molecule has 1 amide bonds. The van der Waals surface area contributed by atoms with E-state index in [2.05, 4.69) is 15.6 Å². The van der Waals surface area contributed by atoms with E-state index in [0.717, 1.165) is 12.1 Å². The summed E-state index contributed by atoms with van der Waals surface area (Å²) < 4.78 is 6.52. The number of nitrogens with one attached hydrogen (secondary N) is 1. The number of rotatable bonds is 6. The van der Waals surface area contributed by atoms with E-state index in [4.69, 9.17) is 16.3 Å². The van der Waals surface area contributed by atoms with Crippen molar-refractivity contribution in [1.82, 2.24) is 20.3 Å². The Bertz CT molecular complexity index is 627. The van der Waals surface area contributed by atoms with Crippen LogP contribution in [0.1, 0.15) is 22.6 Å². The molecule has 0 bridgehead atoms. The predicted molar refractivity (Wildman–Crippen MR) is 79.9 cm³/mol. The fraction of sp³-hybridized carbons (Fsp3) is 0.357. The van der Waals surface area contributed by atoms with Crippen LogP contribution in [0.25, 0.3) is 5.69 Å². The quantitative estimate of drug-likeness (QED) is 0.829. The minimum absolute atomic E-state index is 0.239. The fourth-order valence-electron chi connectivity index (χ4n) is 1.89. The summed E-state index contributed by atoms with van der Waals surface area (Å²) in [4.78, 5) is 12.0. The summed E-state index contributed by atoms with van der Waals surface area (Å²) in [5.74, 6) is -0.239. The van der Waals surface area contributed by atoms with Crippen molar-refractivity contribution in [1.29, 1.82) is 0 Å². The molecule has 0 radical (unpaired) electrons. The van der Waals surface area contributed by atoms with Crippen molar-refractivity contribution in [2.45, 2.75) is 13.3 Å². The van der Waals surface area contributed by atoms with Gasteiger partial charge in [-0.3, -0.25) is 4.79 Å². The molecule has 2 rings (SSSR count). The average molecular weight is 309 g/mol. The number of halogens is 1. The van der Waals surface area contributed by atoms with Gasteiger partial charge in [-0.2, -0.15) is 0 Å². The monoisotopic (exact) mass is 308 g/mol. The molecule has 0 unspecified atom stereocenters. The number of ether oxygens (including phenoxy) is 1. The van der Waals surface area contributed by atoms with Crippen LogP contribution in [0.15, 0.2) is 24.3 Å². The molecule has 0 fully saturated rings. The summed E-state index contributed by atoms with van der Waals surface area (Å²) in [7, 11) is 1.63. The summed E-state index contributed by atoms with van der Waals surface area (Å²) in [6.45, 7) is 2.94. The standard InChI is InChI=1S/C14H17ClN4O2/c1-10-13(14(20)16-7-4-8-21-2)17-18-19(10)12-6-3-5-11(15)9-12/h3,5-6,9H,4,7-8H2,1-2H3,(H,16,20). The van der Waals surface area contributed by atoms with Gasteiger partial charge in [0.15, 0.2) is 5.69 Å². The zero-order valence-corrected chi connectivity index (χ0v) is 12.7. The maximum atomic E-state index is 12.0. The number of nitrogens with zero attached hydrogens (tertiary/aromatic N) is 3. The number of hydrogen-bond donors (Lipinski definition) is 1. The van der Waals surface area contributed by atoms with Crippen molar-refractivity contribution >= 4 is 17.5 Å². The molecule has 1 heterocycles. The van der Waals surface area contributed by atoms with Gasteiger partial charge in [0.05, 0.1) is 11.4 Å². The molecule has 1 aromatic heterocycles. The first-order valence-corrected chi connectivity index (χ1v) is 6.96. The number of amides is 1. The van der Waals surface area contributed by atoms with Crippen molar-refractivity contribution in [3.63, 3.8) is 0 Å². The van der Waals surface area contributed by atoms with Crippen LogP contribution in [-0.4, -0.2) is 41.2 Å². The van der Waals surface area contributed by atoms with E-state index in [1.54, 1.807) is 30.8 Å². The van der Waals surface area contributed by atoms with E-state index in [-0.39, 0.29) is 5.91 Å². The highest BCUT2D eigenvalue weighted by Crippen LogP contribution is 2.16. The third-order valence-corrected chi connectivity index (χ3v) is 3.21. The Balaban J connectivity index is 2.11. The smallest absolute Gasteiger partial charge is 0.273 e. The number of benzene rings is 1. The van der Waals surface area contributed by atoms with Crippen LogP contribution in [0.5, 0.6) is 0 Å². The summed E-state index contributed by atoms with van der Waals surface area (Å²) in [6, 6.07) is 7.22. The first-order chi connectivity index (χ1) is 10.1. The van der Waals surface area contributed by atoms with Gasteiger partial charge in [0.25, 0.3) is 5.91 Å². The minimum Gasteiger partial charge on any atom is -0.385 e. The maximum absolute atomic E-state index is 12.0. The predicted octanol–water partition coefficient (Wildman–Crippen LogP) is 2.00. The number of carbonyl (C=O) groups is 1. The zero-order valence-electron chi connectivity index (χ0n) is 12.0. The Kier molecular flexibility index (Phi) is 5.30. The summed E-state index contributed by atoms with van der Waals surface area (Å²) in [6.07, 6.45) is 0.754. The topological polar surface area (TPSA) is 69.0 Å². The number of aromatic nitrogens is 3. The zero-order chi connectivity index (χ0) is 15.2. The molecule has 0 aliphatic carbocycles. The Hall–Kier alpha value is -1.92. The molecule has 112 valence electrons. The maximum Gasteiger partial charge on any atom is 0.273 e. The van der Waals surface area contributed by atoms with Crippen LogP contribution in [0, 0.1) is 6.92 Å². The van der Waals surface area contributed by atoms with E-state index in [1.165, 1.54) is 0 Å². The normalized spacial score (nSPS) is 10.6. The Morgan fingerprint density at radius 3 is 3.00 bits per heavy atom. The molecule has 0 atom stereocenters. The van der Waals surface area contributed by atoms with E-state index >= 15 is 0 Å². The molecular weight excluding hydrogens is 292 g/mol. The van der Waals surface area contributed by atoms with Crippen LogP contribution < -0.4 is 5.32 Å². The largest absolute Gasteiger partial charge is 0.385 e. The Morgan fingerprint density at radius 1 is 1.48 bits per heavy atom. The minimum atomic E-state index is -0.239. The average Bonchev–Trinajstić information content (AvgIpc) is 2.85. The molecule has 21 heavy (non-hydrogen) atoms. The Labute approximate surface area is 128 Å². The summed E-state index contributed by atoms with van der Waals surface area (Å²) >= 11 is 5.96. The van der Waals surface area contributed by atoms with E-state index < -0.39 is 0 Å². The third kappa shape index (κ3) is 3.80. The molecular formula is C14H17ClN4O2. The van der Waals surface area contributed by atoms with Gasteiger partial charge in [0.2, 0.25) is 0 Å². The van der Waals surface area contributed by atoms with Gasteiger partial charge < -0.3 is 10.1 Å². The second-order valence-corrected chi connectivity index (χ2v) is 4.95. The lowest BCUT2D eigenvalue weighted by Crippen LogP contribution is -2.26. The molecule has 1 N–H and O–H groups in total. The Morgan fingerprint density at radius 2 is 2.29 bits per heavy atom. The van der Waals surface area contributed by atoms with Gasteiger partial charge in [0.1, 0.15) is 0 Å². The van der Waals surface area contributed by atoms with Gasteiger partial charge in [-0.25, -0.2) is 4.68 Å². The van der Waals surface area contributed by atoms with Crippen molar-refractivity contribution < 1.29 is 9.53 Å².